The van der Waals surface area contributed by atoms with E-state index in [9.17, 15) is 4.39 Å². The van der Waals surface area contributed by atoms with Gasteiger partial charge in [0.2, 0.25) is 0 Å². The van der Waals surface area contributed by atoms with Crippen molar-refractivity contribution in [2.24, 2.45) is 0 Å². The second kappa shape index (κ2) is 6.92. The summed E-state index contributed by atoms with van der Waals surface area (Å²) < 4.78 is 19.2. The Balaban J connectivity index is 2.32. The number of aryl methyl sites for hydroxylation is 1. The van der Waals surface area contributed by atoms with Crippen LogP contribution in [0.25, 0.3) is 0 Å². The van der Waals surface area contributed by atoms with Gasteiger partial charge in [0.05, 0.1) is 7.11 Å². The summed E-state index contributed by atoms with van der Waals surface area (Å²) in [6.07, 6.45) is 0.495. The zero-order valence-corrected chi connectivity index (χ0v) is 13.2. The molecule has 0 saturated heterocycles. The molecular weight excluding hydrogens is 289 g/mol. The molecular formula is C17H19ClFNO. The first-order valence-electron chi connectivity index (χ1n) is 6.81. The van der Waals surface area contributed by atoms with E-state index in [4.69, 9.17) is 16.3 Å². The maximum atomic E-state index is 13.9. The van der Waals surface area contributed by atoms with E-state index in [2.05, 4.69) is 5.32 Å². The van der Waals surface area contributed by atoms with Gasteiger partial charge < -0.3 is 10.1 Å². The van der Waals surface area contributed by atoms with Crippen molar-refractivity contribution in [2.75, 3.05) is 14.2 Å². The Morgan fingerprint density at radius 2 is 2.05 bits per heavy atom. The minimum absolute atomic E-state index is 0.00898. The topological polar surface area (TPSA) is 21.3 Å². The molecule has 0 aliphatic carbocycles. The third kappa shape index (κ3) is 3.55. The molecule has 2 aromatic rings. The van der Waals surface area contributed by atoms with E-state index < -0.39 is 0 Å². The zero-order valence-electron chi connectivity index (χ0n) is 12.4. The Labute approximate surface area is 129 Å². The van der Waals surface area contributed by atoms with Gasteiger partial charge in [-0.1, -0.05) is 23.7 Å². The highest BCUT2D eigenvalue weighted by Crippen LogP contribution is 2.28. The third-order valence-electron chi connectivity index (χ3n) is 3.67. The third-order valence-corrected chi connectivity index (χ3v) is 4.02. The quantitative estimate of drug-likeness (QED) is 0.889. The van der Waals surface area contributed by atoms with Crippen molar-refractivity contribution in [3.8, 4) is 5.75 Å². The van der Waals surface area contributed by atoms with Crippen LogP contribution in [-0.2, 0) is 6.42 Å². The van der Waals surface area contributed by atoms with Gasteiger partial charge >= 0.3 is 0 Å². The number of ether oxygens (including phenoxy) is 1. The van der Waals surface area contributed by atoms with Crippen molar-refractivity contribution in [1.82, 2.24) is 5.32 Å². The van der Waals surface area contributed by atoms with E-state index in [1.807, 2.05) is 32.2 Å². The van der Waals surface area contributed by atoms with Crippen molar-refractivity contribution in [3.05, 3.63) is 63.9 Å². The molecule has 1 atom stereocenters. The molecule has 2 rings (SSSR count). The Bertz CT molecular complexity index is 610. The highest BCUT2D eigenvalue weighted by atomic mass is 35.5. The Morgan fingerprint density at radius 1 is 1.29 bits per heavy atom. The average Bonchev–Trinajstić information content (AvgIpc) is 2.47. The van der Waals surface area contributed by atoms with Gasteiger partial charge in [-0.2, -0.15) is 0 Å². The predicted molar refractivity (Wildman–Crippen MR) is 84.6 cm³/mol. The van der Waals surface area contributed by atoms with E-state index in [1.165, 1.54) is 6.07 Å². The van der Waals surface area contributed by atoms with Crippen molar-refractivity contribution < 1.29 is 9.13 Å². The van der Waals surface area contributed by atoms with E-state index in [0.717, 1.165) is 16.9 Å². The molecule has 0 spiro atoms. The second-order valence-electron chi connectivity index (χ2n) is 4.97. The second-order valence-corrected chi connectivity index (χ2v) is 5.38. The maximum Gasteiger partial charge on any atom is 0.127 e. The van der Waals surface area contributed by atoms with Gasteiger partial charge in [-0.05, 0) is 55.8 Å². The molecule has 0 heterocycles. The van der Waals surface area contributed by atoms with Crippen LogP contribution in [0.4, 0.5) is 4.39 Å². The van der Waals surface area contributed by atoms with E-state index in [0.29, 0.717) is 17.0 Å². The number of halogens is 2. The lowest BCUT2D eigenvalue weighted by molar-refractivity contribution is 0.414. The molecule has 0 radical (unpaired) electrons. The van der Waals surface area contributed by atoms with Gasteiger partial charge in [0.25, 0.3) is 0 Å². The summed E-state index contributed by atoms with van der Waals surface area (Å²) in [4.78, 5) is 0. The SMILES string of the molecule is CNC(Cc1c(F)cccc1Cl)c1ccc(OC)cc1C. The molecule has 112 valence electrons. The lowest BCUT2D eigenvalue weighted by Crippen LogP contribution is -2.20. The van der Waals surface area contributed by atoms with Gasteiger partial charge in [-0.25, -0.2) is 4.39 Å². The maximum absolute atomic E-state index is 13.9. The van der Waals surface area contributed by atoms with Gasteiger partial charge in [0.1, 0.15) is 11.6 Å². The number of rotatable bonds is 5. The van der Waals surface area contributed by atoms with Gasteiger partial charge in [-0.3, -0.25) is 0 Å². The molecule has 0 bridgehead atoms. The molecule has 0 amide bonds. The standard InChI is InChI=1S/C17H19ClFNO/c1-11-9-12(21-3)7-8-13(11)17(20-2)10-14-15(18)5-4-6-16(14)19/h4-9,17,20H,10H2,1-3H3. The van der Waals surface area contributed by atoms with Crippen LogP contribution in [0.1, 0.15) is 22.7 Å². The molecule has 0 aliphatic rings. The number of benzene rings is 2. The number of hydrogen-bond acceptors (Lipinski definition) is 2. The van der Waals surface area contributed by atoms with Crippen LogP contribution < -0.4 is 10.1 Å². The molecule has 0 aromatic heterocycles. The molecule has 1 unspecified atom stereocenters. The lowest BCUT2D eigenvalue weighted by atomic mass is 9.95. The summed E-state index contributed by atoms with van der Waals surface area (Å²) in [5.41, 5.74) is 2.74. The van der Waals surface area contributed by atoms with Gasteiger partial charge in [-0.15, -0.1) is 0 Å². The highest BCUT2D eigenvalue weighted by molar-refractivity contribution is 6.31. The van der Waals surface area contributed by atoms with Crippen LogP contribution in [0.2, 0.25) is 5.02 Å². The van der Waals surface area contributed by atoms with Gasteiger partial charge in [0.15, 0.2) is 0 Å². The summed E-state index contributed by atoms with van der Waals surface area (Å²) >= 11 is 6.12. The van der Waals surface area contributed by atoms with Crippen molar-refractivity contribution in [1.29, 1.82) is 0 Å². The molecule has 2 aromatic carbocycles. The lowest BCUT2D eigenvalue weighted by Gasteiger charge is -2.20. The summed E-state index contributed by atoms with van der Waals surface area (Å²) in [5.74, 6) is 0.545. The number of likely N-dealkylation sites (N-methyl/N-ethyl adjacent to an activating group) is 1. The van der Waals surface area contributed by atoms with Crippen LogP contribution >= 0.6 is 11.6 Å². The number of hydrogen-bond donors (Lipinski definition) is 1. The van der Waals surface area contributed by atoms with Crippen LogP contribution in [0.3, 0.4) is 0 Å². The summed E-state index contributed by atoms with van der Waals surface area (Å²) in [6, 6.07) is 10.7. The predicted octanol–water partition coefficient (Wildman–Crippen LogP) is 4.30. The summed E-state index contributed by atoms with van der Waals surface area (Å²) in [7, 11) is 3.51. The number of nitrogens with one attached hydrogen (secondary N) is 1. The first kappa shape index (κ1) is 15.8. The van der Waals surface area contributed by atoms with E-state index >= 15 is 0 Å². The van der Waals surface area contributed by atoms with Crippen LogP contribution in [0.5, 0.6) is 5.75 Å². The number of methoxy groups -OCH3 is 1. The van der Waals surface area contributed by atoms with E-state index in [-0.39, 0.29) is 11.9 Å². The molecule has 1 N–H and O–H groups in total. The molecule has 2 nitrogen and oxygen atoms in total. The summed E-state index contributed by atoms with van der Waals surface area (Å²) in [5, 5.41) is 3.69. The molecule has 0 saturated carbocycles. The minimum atomic E-state index is -0.270. The Morgan fingerprint density at radius 3 is 2.62 bits per heavy atom. The van der Waals surface area contributed by atoms with Crippen LogP contribution in [0.15, 0.2) is 36.4 Å². The fourth-order valence-electron chi connectivity index (χ4n) is 2.47. The first-order chi connectivity index (χ1) is 10.1. The smallest absolute Gasteiger partial charge is 0.127 e. The Hall–Kier alpha value is -1.58. The van der Waals surface area contributed by atoms with Crippen LogP contribution in [-0.4, -0.2) is 14.2 Å². The largest absolute Gasteiger partial charge is 0.497 e. The van der Waals surface area contributed by atoms with Crippen LogP contribution in [0, 0.1) is 12.7 Å². The van der Waals surface area contributed by atoms with E-state index in [1.54, 1.807) is 19.2 Å². The fraction of sp³-hybridized carbons (Fsp3) is 0.294. The summed E-state index contributed by atoms with van der Waals surface area (Å²) in [6.45, 7) is 2.02. The normalized spacial score (nSPS) is 12.2. The van der Waals surface area contributed by atoms with Crippen molar-refractivity contribution in [3.63, 3.8) is 0 Å². The van der Waals surface area contributed by atoms with Crippen molar-refractivity contribution >= 4 is 11.6 Å². The highest BCUT2D eigenvalue weighted by Gasteiger charge is 2.17. The fourth-order valence-corrected chi connectivity index (χ4v) is 2.71. The average molecular weight is 308 g/mol. The molecule has 21 heavy (non-hydrogen) atoms. The molecule has 0 fully saturated rings. The Kier molecular flexibility index (Phi) is 5.21. The minimum Gasteiger partial charge on any atom is -0.497 e. The van der Waals surface area contributed by atoms with Gasteiger partial charge in [0, 0.05) is 16.6 Å². The zero-order chi connectivity index (χ0) is 15.4. The molecule has 4 heteroatoms. The molecule has 0 aliphatic heterocycles. The van der Waals surface area contributed by atoms with Crippen molar-refractivity contribution in [2.45, 2.75) is 19.4 Å². The first-order valence-corrected chi connectivity index (χ1v) is 7.19. The monoisotopic (exact) mass is 307 g/mol.